The smallest absolute Gasteiger partial charge is 0.253 e. The van der Waals surface area contributed by atoms with Crippen LogP contribution in [0.4, 0.5) is 5.82 Å². The molecular weight excluding hydrogens is 314 g/mol. The molecule has 0 fully saturated rings. The van der Waals surface area contributed by atoms with Gasteiger partial charge in [0.1, 0.15) is 5.82 Å². The first-order valence-electron chi connectivity index (χ1n) is 5.32. The number of anilines is 1. The number of thiophene rings is 1. The Morgan fingerprint density at radius 3 is 3.06 bits per heavy atom. The van der Waals surface area contributed by atoms with Crippen molar-refractivity contribution in [2.75, 3.05) is 5.73 Å². The Kier molecular flexibility index (Phi) is 3.98. The number of nitrogens with zero attached hydrogens (tertiary/aromatic N) is 1. The zero-order valence-corrected chi connectivity index (χ0v) is 12.1. The number of hydrogen-bond donors (Lipinski definition) is 2. The molecule has 0 aliphatic heterocycles. The summed E-state index contributed by atoms with van der Waals surface area (Å²) in [4.78, 5) is 16.0. The first kappa shape index (κ1) is 13.0. The highest BCUT2D eigenvalue weighted by molar-refractivity contribution is 9.10. The van der Waals surface area contributed by atoms with Crippen LogP contribution >= 0.6 is 27.3 Å². The number of nitrogens with one attached hydrogen (secondary N) is 1. The van der Waals surface area contributed by atoms with E-state index in [0.717, 1.165) is 5.56 Å². The van der Waals surface area contributed by atoms with Crippen LogP contribution in [0.2, 0.25) is 0 Å². The zero-order valence-electron chi connectivity index (χ0n) is 9.68. The summed E-state index contributed by atoms with van der Waals surface area (Å²) in [7, 11) is 0. The van der Waals surface area contributed by atoms with Crippen LogP contribution in [0.1, 0.15) is 28.9 Å². The van der Waals surface area contributed by atoms with E-state index in [1.54, 1.807) is 17.4 Å². The lowest BCUT2D eigenvalue weighted by Gasteiger charge is -2.13. The third kappa shape index (κ3) is 2.88. The van der Waals surface area contributed by atoms with Gasteiger partial charge in [0, 0.05) is 10.7 Å². The summed E-state index contributed by atoms with van der Waals surface area (Å²) in [5, 5.41) is 6.92. The van der Waals surface area contributed by atoms with E-state index < -0.39 is 0 Å². The van der Waals surface area contributed by atoms with Crippen LogP contribution in [-0.2, 0) is 0 Å². The van der Waals surface area contributed by atoms with E-state index in [1.807, 2.05) is 23.8 Å². The minimum absolute atomic E-state index is 0.0370. The first-order chi connectivity index (χ1) is 8.58. The Labute approximate surface area is 117 Å². The van der Waals surface area contributed by atoms with Crippen molar-refractivity contribution in [3.05, 3.63) is 44.7 Å². The van der Waals surface area contributed by atoms with E-state index in [9.17, 15) is 4.79 Å². The van der Waals surface area contributed by atoms with Gasteiger partial charge in [-0.05, 0) is 51.3 Å². The molecule has 0 aromatic carbocycles. The molecule has 3 N–H and O–H groups in total. The highest BCUT2D eigenvalue weighted by atomic mass is 79.9. The maximum atomic E-state index is 12.1. The highest BCUT2D eigenvalue weighted by Crippen LogP contribution is 2.20. The Morgan fingerprint density at radius 1 is 1.61 bits per heavy atom. The number of hydrogen-bond acceptors (Lipinski definition) is 4. The van der Waals surface area contributed by atoms with Gasteiger partial charge in [0.05, 0.1) is 11.6 Å². The molecule has 2 rings (SSSR count). The summed E-state index contributed by atoms with van der Waals surface area (Å²) in [5.74, 6) is 0.154. The Hall–Kier alpha value is -1.40. The standard InChI is InChI=1S/C12H12BrN3OS/c1-7(8-2-3-18-6-8)16-12(17)9-4-11(14)15-5-10(9)13/h2-7H,1H3,(H2,14,15)(H,16,17). The van der Waals surface area contributed by atoms with Crippen LogP contribution in [0.5, 0.6) is 0 Å². The van der Waals surface area contributed by atoms with Gasteiger partial charge in [-0.1, -0.05) is 0 Å². The van der Waals surface area contributed by atoms with Crippen molar-refractivity contribution in [1.82, 2.24) is 10.3 Å². The van der Waals surface area contributed by atoms with Gasteiger partial charge in [0.2, 0.25) is 0 Å². The number of carbonyl (C=O) groups is 1. The van der Waals surface area contributed by atoms with E-state index >= 15 is 0 Å². The van der Waals surface area contributed by atoms with Gasteiger partial charge in [-0.2, -0.15) is 11.3 Å². The van der Waals surface area contributed by atoms with Crippen LogP contribution in [0.15, 0.2) is 33.6 Å². The van der Waals surface area contributed by atoms with E-state index in [-0.39, 0.29) is 11.9 Å². The minimum atomic E-state index is -0.172. The second-order valence-corrected chi connectivity index (χ2v) is 5.48. The van der Waals surface area contributed by atoms with Crippen molar-refractivity contribution in [3.63, 3.8) is 0 Å². The molecule has 2 aromatic rings. The largest absolute Gasteiger partial charge is 0.384 e. The average molecular weight is 326 g/mol. The summed E-state index contributed by atoms with van der Waals surface area (Å²) in [6, 6.07) is 3.51. The molecule has 94 valence electrons. The lowest BCUT2D eigenvalue weighted by atomic mass is 10.1. The number of amides is 1. The normalized spacial score (nSPS) is 12.1. The van der Waals surface area contributed by atoms with E-state index in [2.05, 4.69) is 26.2 Å². The predicted octanol–water partition coefficient (Wildman–Crippen LogP) is 2.98. The number of carbonyl (C=O) groups excluding carboxylic acids is 1. The van der Waals surface area contributed by atoms with Crippen molar-refractivity contribution < 1.29 is 4.79 Å². The fourth-order valence-corrected chi connectivity index (χ4v) is 2.66. The maximum absolute atomic E-state index is 12.1. The summed E-state index contributed by atoms with van der Waals surface area (Å²) >= 11 is 4.90. The lowest BCUT2D eigenvalue weighted by molar-refractivity contribution is 0.0939. The number of nitrogen functional groups attached to an aromatic ring is 1. The molecule has 0 aliphatic carbocycles. The zero-order chi connectivity index (χ0) is 13.1. The van der Waals surface area contributed by atoms with Crippen molar-refractivity contribution in [1.29, 1.82) is 0 Å². The van der Waals surface area contributed by atoms with Crippen molar-refractivity contribution in [3.8, 4) is 0 Å². The van der Waals surface area contributed by atoms with Gasteiger partial charge in [0.25, 0.3) is 5.91 Å². The summed E-state index contributed by atoms with van der Waals surface area (Å²) < 4.78 is 0.631. The molecular formula is C12H12BrN3OS. The molecule has 1 amide bonds. The lowest BCUT2D eigenvalue weighted by Crippen LogP contribution is -2.26. The molecule has 0 spiro atoms. The van der Waals surface area contributed by atoms with E-state index in [4.69, 9.17) is 5.73 Å². The number of nitrogens with two attached hydrogens (primary N) is 1. The monoisotopic (exact) mass is 325 g/mol. The molecule has 0 radical (unpaired) electrons. The fraction of sp³-hybridized carbons (Fsp3) is 0.167. The second kappa shape index (κ2) is 5.49. The number of halogens is 1. The molecule has 18 heavy (non-hydrogen) atoms. The van der Waals surface area contributed by atoms with Gasteiger partial charge >= 0.3 is 0 Å². The van der Waals surface area contributed by atoms with Crippen molar-refractivity contribution in [2.45, 2.75) is 13.0 Å². The Morgan fingerprint density at radius 2 is 2.39 bits per heavy atom. The molecule has 1 unspecified atom stereocenters. The van der Waals surface area contributed by atoms with E-state index in [0.29, 0.717) is 15.9 Å². The molecule has 2 aromatic heterocycles. The van der Waals surface area contributed by atoms with Gasteiger partial charge < -0.3 is 11.1 Å². The van der Waals surface area contributed by atoms with Crippen LogP contribution in [0.25, 0.3) is 0 Å². The molecule has 0 bridgehead atoms. The Balaban J connectivity index is 2.15. The third-order valence-electron chi connectivity index (χ3n) is 2.51. The summed E-state index contributed by atoms with van der Waals surface area (Å²) in [6.07, 6.45) is 1.53. The SMILES string of the molecule is CC(NC(=O)c1cc(N)ncc1Br)c1ccsc1. The minimum Gasteiger partial charge on any atom is -0.384 e. The molecule has 0 saturated carbocycles. The molecule has 1 atom stereocenters. The fourth-order valence-electron chi connectivity index (χ4n) is 1.51. The summed E-state index contributed by atoms with van der Waals surface area (Å²) in [5.41, 5.74) is 7.16. The van der Waals surface area contributed by atoms with Crippen LogP contribution < -0.4 is 11.1 Å². The molecule has 2 heterocycles. The second-order valence-electron chi connectivity index (χ2n) is 3.84. The van der Waals surface area contributed by atoms with Crippen molar-refractivity contribution in [2.24, 2.45) is 0 Å². The molecule has 0 aliphatic rings. The van der Waals surface area contributed by atoms with E-state index in [1.165, 1.54) is 6.20 Å². The van der Waals surface area contributed by atoms with Gasteiger partial charge in [-0.25, -0.2) is 4.98 Å². The molecule has 0 saturated heterocycles. The quantitative estimate of drug-likeness (QED) is 0.911. The maximum Gasteiger partial charge on any atom is 0.253 e. The molecule has 6 heteroatoms. The number of rotatable bonds is 3. The molecule has 4 nitrogen and oxygen atoms in total. The number of pyridine rings is 1. The topological polar surface area (TPSA) is 68.0 Å². The summed E-state index contributed by atoms with van der Waals surface area (Å²) in [6.45, 7) is 1.94. The van der Waals surface area contributed by atoms with Gasteiger partial charge in [-0.15, -0.1) is 0 Å². The van der Waals surface area contributed by atoms with Crippen molar-refractivity contribution >= 4 is 39.0 Å². The average Bonchev–Trinajstić information content (AvgIpc) is 2.85. The third-order valence-corrected chi connectivity index (χ3v) is 3.85. The van der Waals surface area contributed by atoms with Crippen LogP contribution in [-0.4, -0.2) is 10.9 Å². The first-order valence-corrected chi connectivity index (χ1v) is 7.05. The van der Waals surface area contributed by atoms with Gasteiger partial charge in [-0.3, -0.25) is 4.79 Å². The van der Waals surface area contributed by atoms with Gasteiger partial charge in [0.15, 0.2) is 0 Å². The Bertz CT molecular complexity index is 556. The predicted molar refractivity (Wildman–Crippen MR) is 76.5 cm³/mol. The van der Waals surface area contributed by atoms with Crippen LogP contribution in [0.3, 0.4) is 0 Å². The number of aromatic nitrogens is 1. The van der Waals surface area contributed by atoms with Crippen LogP contribution in [0, 0.1) is 0 Å². The highest BCUT2D eigenvalue weighted by Gasteiger charge is 2.14.